The molecule has 0 saturated carbocycles. The predicted octanol–water partition coefficient (Wildman–Crippen LogP) is 2.80. The number of benzene rings is 1. The van der Waals surface area contributed by atoms with Gasteiger partial charge in [-0.1, -0.05) is 23.4 Å². The summed E-state index contributed by atoms with van der Waals surface area (Å²) in [6.45, 7) is 0.0752. The van der Waals surface area contributed by atoms with Gasteiger partial charge in [0.05, 0.1) is 11.6 Å². The van der Waals surface area contributed by atoms with Gasteiger partial charge in [0.2, 0.25) is 11.8 Å². The molecule has 1 atom stereocenters. The third kappa shape index (κ3) is 3.77. The highest BCUT2D eigenvalue weighted by atomic mass is 19.4. The van der Waals surface area contributed by atoms with E-state index in [0.29, 0.717) is 5.56 Å². The number of nitrogens with one attached hydrogen (secondary N) is 1. The topological polar surface area (TPSA) is 103 Å². The van der Waals surface area contributed by atoms with Crippen LogP contribution in [0.15, 0.2) is 41.2 Å². The van der Waals surface area contributed by atoms with Crippen molar-refractivity contribution in [2.24, 2.45) is 5.73 Å². The van der Waals surface area contributed by atoms with Crippen molar-refractivity contribution >= 4 is 5.95 Å². The first-order valence-electron chi connectivity index (χ1n) is 7.33. The Bertz CT molecular complexity index is 880. The van der Waals surface area contributed by atoms with Gasteiger partial charge in [0, 0.05) is 24.5 Å². The molecule has 3 rings (SSSR count). The molecule has 1 unspecified atom stereocenters. The first-order valence-corrected chi connectivity index (χ1v) is 7.33. The Morgan fingerprint density at radius 1 is 1.15 bits per heavy atom. The summed E-state index contributed by atoms with van der Waals surface area (Å²) in [6.07, 6.45) is -2.30. The Labute approximate surface area is 144 Å². The van der Waals surface area contributed by atoms with E-state index in [1.54, 1.807) is 18.2 Å². The second kappa shape index (κ2) is 7.04. The zero-order valence-corrected chi connectivity index (χ0v) is 13.0. The summed E-state index contributed by atoms with van der Waals surface area (Å²) in [5, 5.41) is 6.11. The number of halogens is 4. The second-order valence-corrected chi connectivity index (χ2v) is 5.17. The maximum atomic E-state index is 13.9. The number of nitrogens with zero attached hydrogens (tertiary/aromatic N) is 4. The van der Waals surface area contributed by atoms with Crippen LogP contribution in [0.4, 0.5) is 23.5 Å². The zero-order chi connectivity index (χ0) is 18.7. The minimum absolute atomic E-state index is 0.0752. The maximum absolute atomic E-state index is 13.9. The number of aromatic nitrogens is 4. The molecule has 0 saturated heterocycles. The van der Waals surface area contributed by atoms with E-state index in [0.717, 1.165) is 0 Å². The van der Waals surface area contributed by atoms with Crippen molar-refractivity contribution in [3.63, 3.8) is 0 Å². The van der Waals surface area contributed by atoms with Crippen molar-refractivity contribution in [3.05, 3.63) is 53.9 Å². The number of rotatable bonds is 5. The van der Waals surface area contributed by atoms with Gasteiger partial charge in [0.1, 0.15) is 5.82 Å². The fourth-order valence-corrected chi connectivity index (χ4v) is 2.15. The average Bonchev–Trinajstić information content (AvgIpc) is 3.11. The summed E-state index contributed by atoms with van der Waals surface area (Å²) in [7, 11) is 0. The van der Waals surface area contributed by atoms with Crippen molar-refractivity contribution in [2.45, 2.75) is 12.2 Å². The minimum Gasteiger partial charge on any atom is -0.346 e. The molecule has 0 aliphatic carbocycles. The van der Waals surface area contributed by atoms with Crippen molar-refractivity contribution in [3.8, 4) is 11.4 Å². The molecule has 1 aromatic carbocycles. The molecule has 0 bridgehead atoms. The van der Waals surface area contributed by atoms with Crippen LogP contribution in [-0.4, -0.2) is 26.7 Å². The maximum Gasteiger partial charge on any atom is 0.471 e. The lowest BCUT2D eigenvalue weighted by molar-refractivity contribution is -0.159. The number of hydrogen-bond acceptors (Lipinski definition) is 7. The Morgan fingerprint density at radius 2 is 1.85 bits per heavy atom. The molecule has 2 heterocycles. The van der Waals surface area contributed by atoms with Gasteiger partial charge in [-0.3, -0.25) is 0 Å². The van der Waals surface area contributed by atoms with E-state index in [1.807, 2.05) is 0 Å². The fraction of sp³-hybridized carbons (Fsp3) is 0.200. The van der Waals surface area contributed by atoms with E-state index < -0.39 is 23.9 Å². The fourth-order valence-electron chi connectivity index (χ4n) is 2.15. The number of alkyl halides is 3. The first-order chi connectivity index (χ1) is 12.4. The number of nitrogens with two attached hydrogens (primary N) is 1. The Morgan fingerprint density at radius 3 is 2.42 bits per heavy atom. The minimum atomic E-state index is -4.73. The highest BCUT2D eigenvalue weighted by Crippen LogP contribution is 2.29. The lowest BCUT2D eigenvalue weighted by atomic mass is 10.1. The quantitative estimate of drug-likeness (QED) is 0.668. The molecule has 2 aromatic heterocycles. The van der Waals surface area contributed by atoms with Crippen LogP contribution < -0.4 is 11.1 Å². The third-order valence-electron chi connectivity index (χ3n) is 3.40. The molecule has 136 valence electrons. The van der Waals surface area contributed by atoms with Crippen LogP contribution in [0.25, 0.3) is 11.4 Å². The summed E-state index contributed by atoms with van der Waals surface area (Å²) < 4.78 is 55.4. The van der Waals surface area contributed by atoms with Crippen molar-refractivity contribution in [1.29, 1.82) is 0 Å². The normalized spacial score (nSPS) is 12.8. The summed E-state index contributed by atoms with van der Waals surface area (Å²) in [5.74, 6) is -2.07. The largest absolute Gasteiger partial charge is 0.471 e. The second-order valence-electron chi connectivity index (χ2n) is 5.17. The predicted molar refractivity (Wildman–Crippen MR) is 82.1 cm³/mol. The summed E-state index contributed by atoms with van der Waals surface area (Å²) >= 11 is 0. The molecule has 11 heteroatoms. The van der Waals surface area contributed by atoms with Gasteiger partial charge in [-0.25, -0.2) is 14.4 Å². The monoisotopic (exact) mass is 368 g/mol. The van der Waals surface area contributed by atoms with Gasteiger partial charge in [0.25, 0.3) is 0 Å². The van der Waals surface area contributed by atoms with Crippen molar-refractivity contribution < 1.29 is 22.1 Å². The van der Waals surface area contributed by atoms with Crippen LogP contribution in [0.5, 0.6) is 0 Å². The summed E-state index contributed by atoms with van der Waals surface area (Å²) in [5.41, 5.74) is 6.14. The van der Waals surface area contributed by atoms with Crippen LogP contribution in [0.3, 0.4) is 0 Å². The van der Waals surface area contributed by atoms with E-state index in [4.69, 9.17) is 5.73 Å². The molecule has 0 fully saturated rings. The van der Waals surface area contributed by atoms with Gasteiger partial charge >= 0.3 is 12.1 Å². The average molecular weight is 368 g/mol. The van der Waals surface area contributed by atoms with Gasteiger partial charge in [-0.2, -0.15) is 18.2 Å². The van der Waals surface area contributed by atoms with E-state index in [1.165, 1.54) is 18.5 Å². The first kappa shape index (κ1) is 17.7. The van der Waals surface area contributed by atoms with Crippen LogP contribution in [-0.2, 0) is 6.18 Å². The molecule has 26 heavy (non-hydrogen) atoms. The lowest BCUT2D eigenvalue weighted by Gasteiger charge is -2.17. The Kier molecular flexibility index (Phi) is 4.80. The van der Waals surface area contributed by atoms with E-state index in [-0.39, 0.29) is 23.9 Å². The SMILES string of the molecule is NCC(Nc1ncc(-c2noc(C(F)(F)F)n2)cn1)c1ccccc1F. The highest BCUT2D eigenvalue weighted by molar-refractivity contribution is 5.52. The molecule has 3 aromatic rings. The van der Waals surface area contributed by atoms with Crippen LogP contribution >= 0.6 is 0 Å². The van der Waals surface area contributed by atoms with Gasteiger partial charge in [-0.15, -0.1) is 0 Å². The number of anilines is 1. The molecule has 0 amide bonds. The molecular formula is C15H12F4N6O. The molecule has 3 N–H and O–H groups in total. The smallest absolute Gasteiger partial charge is 0.346 e. The molecule has 7 nitrogen and oxygen atoms in total. The van der Waals surface area contributed by atoms with Crippen LogP contribution in [0.2, 0.25) is 0 Å². The molecular weight excluding hydrogens is 356 g/mol. The number of hydrogen-bond donors (Lipinski definition) is 2. The van der Waals surface area contributed by atoms with Crippen LogP contribution in [0.1, 0.15) is 17.5 Å². The van der Waals surface area contributed by atoms with E-state index in [2.05, 4.69) is 29.9 Å². The standard InChI is InChI=1S/C15H12F4N6O/c16-10-4-2-1-3-9(10)11(5-20)23-14-21-6-8(7-22-14)12-24-13(26-25-12)15(17,18)19/h1-4,6-7,11H,5,20H2,(H,21,22,23). The van der Waals surface area contributed by atoms with Crippen molar-refractivity contribution in [2.75, 3.05) is 11.9 Å². The van der Waals surface area contributed by atoms with Gasteiger partial charge in [0.15, 0.2) is 0 Å². The summed E-state index contributed by atoms with van der Waals surface area (Å²) in [4.78, 5) is 11.2. The third-order valence-corrected chi connectivity index (χ3v) is 3.40. The lowest BCUT2D eigenvalue weighted by Crippen LogP contribution is -2.22. The molecule has 0 aliphatic heterocycles. The van der Waals surface area contributed by atoms with Crippen LogP contribution in [0, 0.1) is 5.82 Å². The van der Waals surface area contributed by atoms with E-state index >= 15 is 0 Å². The van der Waals surface area contributed by atoms with Gasteiger partial charge in [-0.05, 0) is 6.07 Å². The summed E-state index contributed by atoms with van der Waals surface area (Å²) in [6, 6.07) is 5.52. The van der Waals surface area contributed by atoms with Crippen molar-refractivity contribution in [1.82, 2.24) is 20.1 Å². The Balaban J connectivity index is 1.77. The highest BCUT2D eigenvalue weighted by Gasteiger charge is 2.38. The molecule has 0 spiro atoms. The van der Waals surface area contributed by atoms with E-state index in [9.17, 15) is 17.6 Å². The zero-order valence-electron chi connectivity index (χ0n) is 13.0. The Hall–Kier alpha value is -3.08. The molecule has 0 aliphatic rings. The van der Waals surface area contributed by atoms with Gasteiger partial charge < -0.3 is 15.6 Å². The molecule has 0 radical (unpaired) electrons.